The van der Waals surface area contributed by atoms with Gasteiger partial charge < -0.3 is 29.9 Å². The van der Waals surface area contributed by atoms with Crippen molar-refractivity contribution < 1.29 is 34.4 Å². The lowest BCUT2D eigenvalue weighted by atomic mass is 10.00. The molecule has 0 radical (unpaired) electrons. The van der Waals surface area contributed by atoms with Gasteiger partial charge in [-0.25, -0.2) is 0 Å². The molecule has 0 fully saturated rings. The first-order valence-electron chi connectivity index (χ1n) is 11.5. The monoisotopic (exact) mass is 446 g/mol. The van der Waals surface area contributed by atoms with Gasteiger partial charge in [0.25, 0.3) is 0 Å². The van der Waals surface area contributed by atoms with E-state index in [1.807, 2.05) is 6.92 Å². The summed E-state index contributed by atoms with van der Waals surface area (Å²) >= 11 is 0. The van der Waals surface area contributed by atoms with Crippen molar-refractivity contribution in [3.63, 3.8) is 0 Å². The van der Waals surface area contributed by atoms with E-state index in [0.29, 0.717) is 12.8 Å². The van der Waals surface area contributed by atoms with Crippen molar-refractivity contribution >= 4 is 17.8 Å². The smallest absolute Gasteiger partial charge is 0.308 e. The highest BCUT2D eigenvalue weighted by Gasteiger charge is 2.19. The van der Waals surface area contributed by atoms with Crippen LogP contribution in [-0.4, -0.2) is 95.5 Å². The summed E-state index contributed by atoms with van der Waals surface area (Å²) < 4.78 is 5.34. The number of amides is 2. The zero-order chi connectivity index (χ0) is 23.5. The summed E-state index contributed by atoms with van der Waals surface area (Å²) in [5, 5.41) is 27.2. The third-order valence-electron chi connectivity index (χ3n) is 5.18. The Hall–Kier alpha value is -1.71. The van der Waals surface area contributed by atoms with E-state index in [4.69, 9.17) is 14.9 Å². The van der Waals surface area contributed by atoms with Crippen LogP contribution in [-0.2, 0) is 19.1 Å². The van der Waals surface area contributed by atoms with E-state index >= 15 is 0 Å². The number of ether oxygens (including phenoxy) is 1. The summed E-state index contributed by atoms with van der Waals surface area (Å²) in [5.74, 6) is -0.668. The number of nitrogens with zero attached hydrogens (tertiary/aromatic N) is 2. The molecular weight excluding hydrogens is 404 g/mol. The zero-order valence-corrected chi connectivity index (χ0v) is 19.3. The van der Waals surface area contributed by atoms with Crippen LogP contribution in [0.5, 0.6) is 0 Å². The Kier molecular flexibility index (Phi) is 18.0. The highest BCUT2D eigenvalue weighted by atomic mass is 16.5. The minimum absolute atomic E-state index is 0.100. The summed E-state index contributed by atoms with van der Waals surface area (Å²) in [7, 11) is 0. The molecule has 1 unspecified atom stereocenters. The molecule has 1 atom stereocenters. The minimum atomic E-state index is -0.235. The molecule has 9 nitrogen and oxygen atoms in total. The van der Waals surface area contributed by atoms with Crippen LogP contribution in [0.2, 0.25) is 0 Å². The van der Waals surface area contributed by atoms with Gasteiger partial charge in [0.05, 0.1) is 32.3 Å². The zero-order valence-electron chi connectivity index (χ0n) is 19.3. The van der Waals surface area contributed by atoms with Crippen molar-refractivity contribution in [1.29, 1.82) is 0 Å². The summed E-state index contributed by atoms with van der Waals surface area (Å²) in [6.45, 7) is 4.39. The van der Waals surface area contributed by atoms with Crippen LogP contribution in [0.25, 0.3) is 0 Å². The Morgan fingerprint density at radius 1 is 0.774 bits per heavy atom. The van der Waals surface area contributed by atoms with Crippen molar-refractivity contribution in [3.05, 3.63) is 0 Å². The lowest BCUT2D eigenvalue weighted by molar-refractivity contribution is -0.150. The van der Waals surface area contributed by atoms with E-state index in [1.54, 1.807) is 0 Å². The molecule has 182 valence electrons. The standard InChI is InChI=1S/C22H42N2O7/c1-3-5-8-19(4-2)22(30)31-18-14-24(13-17-27)21(29)10-7-6-9-20(28)23(11-15-25)12-16-26/h19,25-27H,3-18H2,1-2H3. The van der Waals surface area contributed by atoms with Gasteiger partial charge in [-0.05, 0) is 25.7 Å². The van der Waals surface area contributed by atoms with E-state index in [9.17, 15) is 19.5 Å². The van der Waals surface area contributed by atoms with Crippen LogP contribution in [0.1, 0.15) is 65.2 Å². The van der Waals surface area contributed by atoms with Gasteiger partial charge in [-0.3, -0.25) is 14.4 Å². The second-order valence-corrected chi connectivity index (χ2v) is 7.55. The van der Waals surface area contributed by atoms with Crippen LogP contribution >= 0.6 is 0 Å². The number of aliphatic hydroxyl groups excluding tert-OH is 3. The Balaban J connectivity index is 4.34. The molecule has 0 saturated carbocycles. The van der Waals surface area contributed by atoms with Crippen molar-refractivity contribution in [2.24, 2.45) is 5.92 Å². The Morgan fingerprint density at radius 2 is 1.26 bits per heavy atom. The largest absolute Gasteiger partial charge is 0.464 e. The van der Waals surface area contributed by atoms with Gasteiger partial charge in [-0.2, -0.15) is 0 Å². The molecule has 0 aliphatic carbocycles. The number of hydrogen-bond acceptors (Lipinski definition) is 7. The Labute approximate surface area is 186 Å². The maximum atomic E-state index is 12.4. The molecule has 31 heavy (non-hydrogen) atoms. The molecule has 0 rings (SSSR count). The molecule has 0 spiro atoms. The van der Waals surface area contributed by atoms with Crippen LogP contribution in [0.15, 0.2) is 0 Å². The third kappa shape index (κ3) is 13.3. The maximum absolute atomic E-state index is 12.4. The fraction of sp³-hybridized carbons (Fsp3) is 0.864. The van der Waals surface area contributed by atoms with Crippen molar-refractivity contribution in [2.75, 3.05) is 52.6 Å². The normalized spacial score (nSPS) is 11.8. The molecule has 0 aromatic carbocycles. The van der Waals surface area contributed by atoms with Crippen LogP contribution in [0.3, 0.4) is 0 Å². The van der Waals surface area contributed by atoms with Gasteiger partial charge in [0.2, 0.25) is 11.8 Å². The van der Waals surface area contributed by atoms with Crippen LogP contribution < -0.4 is 0 Å². The molecule has 9 heteroatoms. The summed E-state index contributed by atoms with van der Waals surface area (Å²) in [5.41, 5.74) is 0. The topological polar surface area (TPSA) is 128 Å². The molecule has 0 aromatic rings. The summed E-state index contributed by atoms with van der Waals surface area (Å²) in [4.78, 5) is 39.6. The first-order valence-corrected chi connectivity index (χ1v) is 11.5. The number of hydrogen-bond donors (Lipinski definition) is 3. The fourth-order valence-corrected chi connectivity index (χ4v) is 3.27. The quantitative estimate of drug-likeness (QED) is 0.199. The Bertz CT molecular complexity index is 496. The summed E-state index contributed by atoms with van der Waals surface area (Å²) in [6, 6.07) is 0. The number of esters is 1. The van der Waals surface area contributed by atoms with E-state index in [1.165, 1.54) is 9.80 Å². The number of rotatable bonds is 19. The first-order chi connectivity index (χ1) is 14.9. The van der Waals surface area contributed by atoms with Crippen molar-refractivity contribution in [2.45, 2.75) is 65.2 Å². The second kappa shape index (κ2) is 19.0. The van der Waals surface area contributed by atoms with Gasteiger partial charge in [-0.1, -0.05) is 26.7 Å². The highest BCUT2D eigenvalue weighted by Crippen LogP contribution is 2.14. The molecule has 0 aliphatic rings. The van der Waals surface area contributed by atoms with Crippen LogP contribution in [0, 0.1) is 5.92 Å². The van der Waals surface area contributed by atoms with Gasteiger partial charge in [0.15, 0.2) is 0 Å². The van der Waals surface area contributed by atoms with Crippen molar-refractivity contribution in [3.8, 4) is 0 Å². The lowest BCUT2D eigenvalue weighted by Crippen LogP contribution is -2.37. The fourth-order valence-electron chi connectivity index (χ4n) is 3.27. The van der Waals surface area contributed by atoms with Gasteiger partial charge in [-0.15, -0.1) is 0 Å². The lowest BCUT2D eigenvalue weighted by Gasteiger charge is -2.23. The second-order valence-electron chi connectivity index (χ2n) is 7.55. The predicted octanol–water partition coefficient (Wildman–Crippen LogP) is 0.941. The molecule has 0 aliphatic heterocycles. The van der Waals surface area contributed by atoms with Gasteiger partial charge >= 0.3 is 5.97 Å². The predicted molar refractivity (Wildman–Crippen MR) is 117 cm³/mol. The first kappa shape index (κ1) is 29.3. The van der Waals surface area contributed by atoms with Gasteiger partial charge in [0.1, 0.15) is 6.61 Å². The maximum Gasteiger partial charge on any atom is 0.308 e. The van der Waals surface area contributed by atoms with E-state index in [2.05, 4.69) is 6.92 Å². The molecule has 0 heterocycles. The average molecular weight is 447 g/mol. The number of unbranched alkanes of at least 4 members (excludes halogenated alkanes) is 2. The average Bonchev–Trinajstić information content (AvgIpc) is 2.76. The molecule has 2 amide bonds. The Morgan fingerprint density at radius 3 is 1.68 bits per heavy atom. The number of carbonyl (C=O) groups excluding carboxylic acids is 3. The molecular formula is C22H42N2O7. The van der Waals surface area contributed by atoms with E-state index in [0.717, 1.165) is 25.7 Å². The summed E-state index contributed by atoms with van der Waals surface area (Å²) in [6.07, 6.45) is 5.01. The van der Waals surface area contributed by atoms with E-state index < -0.39 is 0 Å². The molecule has 3 N–H and O–H groups in total. The van der Waals surface area contributed by atoms with Gasteiger partial charge in [0, 0.05) is 32.5 Å². The molecule has 0 aromatic heterocycles. The minimum Gasteiger partial charge on any atom is -0.464 e. The highest BCUT2D eigenvalue weighted by molar-refractivity contribution is 5.77. The molecule has 0 saturated heterocycles. The van der Waals surface area contributed by atoms with Crippen LogP contribution in [0.4, 0.5) is 0 Å². The number of aliphatic hydroxyl groups is 3. The van der Waals surface area contributed by atoms with Crippen molar-refractivity contribution in [1.82, 2.24) is 9.80 Å². The van der Waals surface area contributed by atoms with E-state index in [-0.39, 0.29) is 89.1 Å². The number of carbonyl (C=O) groups is 3. The third-order valence-corrected chi connectivity index (χ3v) is 5.18. The SMILES string of the molecule is CCCCC(CC)C(=O)OCCN(CCO)C(=O)CCCCC(=O)N(CCO)CCO. The molecule has 0 bridgehead atoms.